The summed E-state index contributed by atoms with van der Waals surface area (Å²) in [7, 11) is 0. The summed E-state index contributed by atoms with van der Waals surface area (Å²) < 4.78 is 14.3. The molecule has 0 spiro atoms. The molecule has 0 aliphatic rings. The average Bonchev–Trinajstić information content (AvgIpc) is 2.08. The van der Waals surface area contributed by atoms with Crippen LogP contribution >= 0.6 is 15.9 Å². The van der Waals surface area contributed by atoms with Gasteiger partial charge in [-0.1, -0.05) is 22.9 Å². The van der Waals surface area contributed by atoms with Gasteiger partial charge in [0, 0.05) is 10.0 Å². The normalized spacial score (nSPS) is 13.0. The van der Waals surface area contributed by atoms with Gasteiger partial charge >= 0.3 is 0 Å². The minimum Gasteiger partial charge on any atom is -0.389 e. The summed E-state index contributed by atoms with van der Waals surface area (Å²) in [4.78, 5) is 0. The molecule has 0 aliphatic carbocycles. The highest BCUT2D eigenvalue weighted by Gasteiger charge is 2.12. The summed E-state index contributed by atoms with van der Waals surface area (Å²) in [6.45, 7) is 3.45. The highest BCUT2D eigenvalue weighted by atomic mass is 79.9. The summed E-state index contributed by atoms with van der Waals surface area (Å²) in [5.74, 6) is -0.291. The first-order valence-corrected chi connectivity index (χ1v) is 5.01. The Morgan fingerprint density at radius 1 is 1.54 bits per heavy atom. The Labute approximate surface area is 85.7 Å². The lowest BCUT2D eigenvalue weighted by atomic mass is 10.0. The van der Waals surface area contributed by atoms with Gasteiger partial charge < -0.3 is 5.11 Å². The molecule has 13 heavy (non-hydrogen) atoms. The molecule has 1 unspecified atom stereocenters. The smallest absolute Gasteiger partial charge is 0.132 e. The molecule has 0 saturated carbocycles. The third-order valence-electron chi connectivity index (χ3n) is 1.97. The van der Waals surface area contributed by atoms with E-state index in [0.717, 1.165) is 4.47 Å². The molecule has 1 atom stereocenters. The van der Waals surface area contributed by atoms with Gasteiger partial charge in [-0.05, 0) is 31.0 Å². The maximum atomic E-state index is 13.5. The Bertz CT molecular complexity index is 310. The second-order valence-corrected chi connectivity index (χ2v) is 3.91. The summed E-state index contributed by atoms with van der Waals surface area (Å²) in [6.07, 6.45) is -0.131. The van der Waals surface area contributed by atoms with Crippen LogP contribution in [0, 0.1) is 5.82 Å². The quantitative estimate of drug-likeness (QED) is 0.850. The van der Waals surface area contributed by atoms with Gasteiger partial charge in [0.15, 0.2) is 0 Å². The Morgan fingerprint density at radius 2 is 2.15 bits per heavy atom. The fourth-order valence-corrected chi connectivity index (χ4v) is 1.75. The van der Waals surface area contributed by atoms with E-state index >= 15 is 0 Å². The van der Waals surface area contributed by atoms with Crippen LogP contribution in [0.3, 0.4) is 0 Å². The monoisotopic (exact) mass is 246 g/mol. The first kappa shape index (κ1) is 10.7. The lowest BCUT2D eigenvalue weighted by molar-refractivity contribution is 0.194. The van der Waals surface area contributed by atoms with Gasteiger partial charge in [0.25, 0.3) is 0 Å². The van der Waals surface area contributed by atoms with Crippen LogP contribution in [0.4, 0.5) is 4.39 Å². The predicted molar refractivity (Wildman–Crippen MR) is 54.1 cm³/mol. The summed E-state index contributed by atoms with van der Waals surface area (Å²) in [5.41, 5.74) is 0.983. The number of aliphatic hydroxyl groups excluding tert-OH is 1. The topological polar surface area (TPSA) is 20.2 Å². The minimum atomic E-state index is -0.761. The fraction of sp³-hybridized carbons (Fsp3) is 0.400. The van der Waals surface area contributed by atoms with E-state index in [1.165, 1.54) is 0 Å². The average molecular weight is 247 g/mol. The van der Waals surface area contributed by atoms with Crippen LogP contribution in [0.15, 0.2) is 16.6 Å². The van der Waals surface area contributed by atoms with E-state index in [9.17, 15) is 9.50 Å². The van der Waals surface area contributed by atoms with E-state index in [2.05, 4.69) is 15.9 Å². The molecule has 0 saturated heterocycles. The molecule has 0 bridgehead atoms. The zero-order chi connectivity index (χ0) is 10.0. The highest BCUT2D eigenvalue weighted by Crippen LogP contribution is 2.25. The van der Waals surface area contributed by atoms with Crippen LogP contribution in [0.25, 0.3) is 0 Å². The number of aryl methyl sites for hydroxylation is 1. The molecule has 0 amide bonds. The molecule has 0 aromatic heterocycles. The number of rotatable bonds is 2. The van der Waals surface area contributed by atoms with Gasteiger partial charge in [0.1, 0.15) is 5.82 Å². The zero-order valence-corrected chi connectivity index (χ0v) is 9.23. The van der Waals surface area contributed by atoms with Gasteiger partial charge in [-0.25, -0.2) is 4.39 Å². The first-order chi connectivity index (χ1) is 6.06. The van der Waals surface area contributed by atoms with Crippen LogP contribution < -0.4 is 0 Å². The minimum absolute atomic E-state index is 0.291. The maximum absolute atomic E-state index is 13.5. The third-order valence-corrected chi connectivity index (χ3v) is 2.43. The van der Waals surface area contributed by atoms with Crippen LogP contribution in [0.2, 0.25) is 0 Å². The van der Waals surface area contributed by atoms with E-state index in [1.807, 2.05) is 6.92 Å². The largest absolute Gasteiger partial charge is 0.389 e. The van der Waals surface area contributed by atoms with E-state index in [1.54, 1.807) is 19.1 Å². The molecule has 0 heterocycles. The molecular formula is C10H12BrFO. The predicted octanol–water partition coefficient (Wildman–Crippen LogP) is 3.20. The summed E-state index contributed by atoms with van der Waals surface area (Å²) in [6, 6.07) is 3.35. The Hall–Kier alpha value is -0.410. The van der Waals surface area contributed by atoms with Crippen LogP contribution in [0.1, 0.15) is 31.1 Å². The standard InChI is InChI=1S/C10H12BrFO/c1-3-7-4-8(11)5-9(6(2)13)10(7)12/h4-6,13H,3H2,1-2H3. The van der Waals surface area contributed by atoms with Crippen molar-refractivity contribution in [3.8, 4) is 0 Å². The molecule has 1 rings (SSSR count). The van der Waals surface area contributed by atoms with Crippen molar-refractivity contribution in [3.63, 3.8) is 0 Å². The number of benzene rings is 1. The SMILES string of the molecule is CCc1cc(Br)cc(C(C)O)c1F. The first-order valence-electron chi connectivity index (χ1n) is 4.22. The Kier molecular flexibility index (Phi) is 3.45. The molecule has 3 heteroatoms. The van der Waals surface area contributed by atoms with Crippen molar-refractivity contribution < 1.29 is 9.50 Å². The molecule has 1 N–H and O–H groups in total. The van der Waals surface area contributed by atoms with Gasteiger partial charge in [-0.3, -0.25) is 0 Å². The van der Waals surface area contributed by atoms with Crippen LogP contribution in [-0.4, -0.2) is 5.11 Å². The van der Waals surface area contributed by atoms with Crippen LogP contribution in [-0.2, 0) is 6.42 Å². The second kappa shape index (κ2) is 4.20. The van der Waals surface area contributed by atoms with Crippen molar-refractivity contribution in [2.24, 2.45) is 0 Å². The fourth-order valence-electron chi connectivity index (χ4n) is 1.23. The van der Waals surface area contributed by atoms with Crippen molar-refractivity contribution in [3.05, 3.63) is 33.5 Å². The van der Waals surface area contributed by atoms with E-state index < -0.39 is 6.10 Å². The molecule has 1 aromatic carbocycles. The van der Waals surface area contributed by atoms with Crippen molar-refractivity contribution in [2.75, 3.05) is 0 Å². The van der Waals surface area contributed by atoms with Crippen molar-refractivity contribution in [2.45, 2.75) is 26.4 Å². The van der Waals surface area contributed by atoms with Crippen molar-refractivity contribution in [1.82, 2.24) is 0 Å². The Balaban J connectivity index is 3.27. The van der Waals surface area contributed by atoms with Gasteiger partial charge in [-0.2, -0.15) is 0 Å². The lowest BCUT2D eigenvalue weighted by Gasteiger charge is -2.10. The molecule has 1 nitrogen and oxygen atoms in total. The summed E-state index contributed by atoms with van der Waals surface area (Å²) in [5, 5.41) is 9.29. The Morgan fingerprint density at radius 3 is 2.62 bits per heavy atom. The van der Waals surface area contributed by atoms with Gasteiger partial charge in [-0.15, -0.1) is 0 Å². The maximum Gasteiger partial charge on any atom is 0.132 e. The number of aliphatic hydroxyl groups is 1. The molecule has 1 aromatic rings. The van der Waals surface area contributed by atoms with Crippen molar-refractivity contribution >= 4 is 15.9 Å². The molecule has 0 fully saturated rings. The second-order valence-electron chi connectivity index (χ2n) is 3.00. The van der Waals surface area contributed by atoms with E-state index in [-0.39, 0.29) is 5.82 Å². The van der Waals surface area contributed by atoms with Crippen molar-refractivity contribution in [1.29, 1.82) is 0 Å². The molecule has 0 radical (unpaired) electrons. The van der Waals surface area contributed by atoms with Crippen LogP contribution in [0.5, 0.6) is 0 Å². The van der Waals surface area contributed by atoms with Gasteiger partial charge in [0.2, 0.25) is 0 Å². The molecule has 72 valence electrons. The highest BCUT2D eigenvalue weighted by molar-refractivity contribution is 9.10. The van der Waals surface area contributed by atoms with E-state index in [0.29, 0.717) is 17.5 Å². The third kappa shape index (κ3) is 2.29. The summed E-state index contributed by atoms with van der Waals surface area (Å²) >= 11 is 3.28. The number of halogens is 2. The lowest BCUT2D eigenvalue weighted by Crippen LogP contribution is -2.00. The van der Waals surface area contributed by atoms with E-state index in [4.69, 9.17) is 0 Å². The number of hydrogen-bond donors (Lipinski definition) is 1. The molecular weight excluding hydrogens is 235 g/mol. The number of hydrogen-bond acceptors (Lipinski definition) is 1. The zero-order valence-electron chi connectivity index (χ0n) is 7.64. The molecule has 0 aliphatic heterocycles. The van der Waals surface area contributed by atoms with Gasteiger partial charge in [0.05, 0.1) is 6.10 Å².